The van der Waals surface area contributed by atoms with Crippen LogP contribution in [0.2, 0.25) is 0 Å². The van der Waals surface area contributed by atoms with Crippen molar-refractivity contribution in [1.82, 2.24) is 0 Å². The highest BCUT2D eigenvalue weighted by molar-refractivity contribution is 9.12. The van der Waals surface area contributed by atoms with Gasteiger partial charge in [-0.3, -0.25) is 14.4 Å². The molecule has 0 unspecified atom stereocenters. The van der Waals surface area contributed by atoms with E-state index in [0.29, 0.717) is 36.5 Å². The van der Waals surface area contributed by atoms with Crippen LogP contribution in [-0.2, 0) is 14.4 Å². The number of rotatable bonds is 4. The zero-order valence-electron chi connectivity index (χ0n) is 8.59. The summed E-state index contributed by atoms with van der Waals surface area (Å²) in [6.45, 7) is 1.70. The molecule has 0 radical (unpaired) electrons. The molecule has 1 aliphatic carbocycles. The number of hydrogen-bond donors (Lipinski definition) is 0. The van der Waals surface area contributed by atoms with Crippen molar-refractivity contribution in [1.29, 1.82) is 0 Å². The second kappa shape index (κ2) is 4.84. The van der Waals surface area contributed by atoms with Gasteiger partial charge in [0.25, 0.3) is 0 Å². The summed E-state index contributed by atoms with van der Waals surface area (Å²) >= 11 is 3.06. The van der Waals surface area contributed by atoms with Crippen molar-refractivity contribution in [2.75, 3.05) is 0 Å². The highest BCUT2D eigenvalue weighted by Gasteiger charge is 2.44. The first-order valence-corrected chi connectivity index (χ1v) is 5.67. The second-order valence-corrected chi connectivity index (χ2v) is 4.84. The lowest BCUT2D eigenvalue weighted by molar-refractivity contribution is -0.134. The van der Waals surface area contributed by atoms with E-state index in [9.17, 15) is 14.4 Å². The van der Waals surface area contributed by atoms with Crippen LogP contribution >= 0.6 is 15.9 Å². The molecule has 0 bridgehead atoms. The van der Waals surface area contributed by atoms with E-state index in [1.165, 1.54) is 0 Å². The zero-order valence-corrected chi connectivity index (χ0v) is 10.2. The van der Waals surface area contributed by atoms with Crippen molar-refractivity contribution in [3.8, 4) is 0 Å². The molecule has 1 fully saturated rings. The lowest BCUT2D eigenvalue weighted by Crippen LogP contribution is -2.28. The van der Waals surface area contributed by atoms with Crippen molar-refractivity contribution in [3.05, 3.63) is 10.6 Å². The third-order valence-corrected chi connectivity index (χ3v) is 3.42. The lowest BCUT2D eigenvalue weighted by Gasteiger charge is -2.18. The summed E-state index contributed by atoms with van der Waals surface area (Å²) in [6.07, 6.45) is 4.18. The topological polar surface area (TPSA) is 51.2 Å². The molecule has 0 heterocycles. The molecule has 0 saturated heterocycles. The van der Waals surface area contributed by atoms with Gasteiger partial charge in [0, 0.05) is 12.8 Å². The average Bonchev–Trinajstić information content (AvgIpc) is 2.46. The molecule has 0 aromatic carbocycles. The summed E-state index contributed by atoms with van der Waals surface area (Å²) in [5.41, 5.74) is -0.813. The van der Waals surface area contributed by atoms with Gasteiger partial charge in [-0.2, -0.15) is 0 Å². The van der Waals surface area contributed by atoms with Crippen LogP contribution in [0.3, 0.4) is 0 Å². The highest BCUT2D eigenvalue weighted by atomic mass is 79.9. The van der Waals surface area contributed by atoms with Gasteiger partial charge in [-0.1, -0.05) is 6.08 Å². The molecular formula is C11H13BrO3. The van der Waals surface area contributed by atoms with Crippen LogP contribution in [0.4, 0.5) is 0 Å². The van der Waals surface area contributed by atoms with E-state index in [1.807, 2.05) is 0 Å². The minimum atomic E-state index is -0.813. The molecule has 0 aromatic heterocycles. The van der Waals surface area contributed by atoms with Crippen molar-refractivity contribution in [2.45, 2.75) is 32.6 Å². The summed E-state index contributed by atoms with van der Waals surface area (Å²) in [4.78, 5) is 33.3. The average molecular weight is 273 g/mol. The summed E-state index contributed by atoms with van der Waals surface area (Å²) in [7, 11) is 0. The second-order valence-electron chi connectivity index (χ2n) is 3.92. The normalized spacial score (nSPS) is 20.8. The van der Waals surface area contributed by atoms with Gasteiger partial charge in [-0.15, -0.1) is 0 Å². The number of carbonyl (C=O) groups excluding carboxylic acids is 3. The van der Waals surface area contributed by atoms with Gasteiger partial charge in [0.2, 0.25) is 0 Å². The van der Waals surface area contributed by atoms with Gasteiger partial charge < -0.3 is 0 Å². The molecule has 1 rings (SSSR count). The minimum absolute atomic E-state index is 0.0307. The first-order chi connectivity index (χ1) is 7.00. The van der Waals surface area contributed by atoms with Crippen molar-refractivity contribution in [2.24, 2.45) is 5.41 Å². The Morgan fingerprint density at radius 3 is 2.40 bits per heavy atom. The summed E-state index contributed by atoms with van der Waals surface area (Å²) < 4.78 is 0.462. The van der Waals surface area contributed by atoms with E-state index in [1.54, 1.807) is 13.0 Å². The van der Waals surface area contributed by atoms with Crippen molar-refractivity contribution >= 4 is 33.8 Å². The molecule has 0 spiro atoms. The standard InChI is InChI=1S/C11H13BrO3/c1-11(6-2-3-8(12)7-13)9(14)4-5-10(11)15/h3,7H,2,4-6H2,1H3/b8-3-. The first-order valence-electron chi connectivity index (χ1n) is 4.88. The van der Waals surface area contributed by atoms with Crippen LogP contribution < -0.4 is 0 Å². The van der Waals surface area contributed by atoms with Gasteiger partial charge in [0.05, 0.1) is 9.90 Å². The van der Waals surface area contributed by atoms with Crippen molar-refractivity contribution in [3.63, 3.8) is 0 Å². The Labute approximate surface area is 97.0 Å². The minimum Gasteiger partial charge on any atom is -0.299 e. The van der Waals surface area contributed by atoms with E-state index in [0.717, 1.165) is 0 Å². The number of allylic oxidation sites excluding steroid dienone is 2. The summed E-state index contributed by atoms with van der Waals surface area (Å²) in [5.74, 6) is 0.0613. The zero-order chi connectivity index (χ0) is 11.5. The molecule has 0 amide bonds. The van der Waals surface area contributed by atoms with Crippen molar-refractivity contribution < 1.29 is 14.4 Å². The lowest BCUT2D eigenvalue weighted by atomic mass is 9.82. The third kappa shape index (κ3) is 2.62. The van der Waals surface area contributed by atoms with E-state index < -0.39 is 5.41 Å². The number of carbonyl (C=O) groups is 3. The van der Waals surface area contributed by atoms with Crippen LogP contribution in [0.5, 0.6) is 0 Å². The first kappa shape index (κ1) is 12.3. The van der Waals surface area contributed by atoms with E-state index >= 15 is 0 Å². The van der Waals surface area contributed by atoms with Crippen LogP contribution in [0.25, 0.3) is 0 Å². The van der Waals surface area contributed by atoms with Gasteiger partial charge >= 0.3 is 0 Å². The summed E-state index contributed by atoms with van der Waals surface area (Å²) in [5, 5.41) is 0. The fraction of sp³-hybridized carbons (Fsp3) is 0.545. The number of halogens is 1. The molecule has 82 valence electrons. The van der Waals surface area contributed by atoms with Gasteiger partial charge in [-0.05, 0) is 35.7 Å². The van der Waals surface area contributed by atoms with Gasteiger partial charge in [0.15, 0.2) is 6.29 Å². The Bertz CT molecular complexity index is 315. The molecule has 0 aliphatic heterocycles. The predicted molar refractivity (Wildman–Crippen MR) is 59.7 cm³/mol. The van der Waals surface area contributed by atoms with Crippen LogP contribution in [0.15, 0.2) is 10.6 Å². The quantitative estimate of drug-likeness (QED) is 0.448. The number of hydrogen-bond acceptors (Lipinski definition) is 3. The molecule has 0 aromatic rings. The molecule has 15 heavy (non-hydrogen) atoms. The Morgan fingerprint density at radius 1 is 1.40 bits per heavy atom. The molecule has 1 aliphatic rings. The van der Waals surface area contributed by atoms with Gasteiger partial charge in [-0.25, -0.2) is 0 Å². The van der Waals surface area contributed by atoms with Crippen LogP contribution in [0.1, 0.15) is 32.6 Å². The fourth-order valence-corrected chi connectivity index (χ4v) is 1.99. The number of ketones is 2. The van der Waals surface area contributed by atoms with Gasteiger partial charge in [0.1, 0.15) is 11.6 Å². The number of Topliss-reactive ketones (excluding diaryl/α,β-unsaturated/α-hetero) is 2. The molecule has 1 saturated carbocycles. The fourth-order valence-electron chi connectivity index (χ4n) is 1.76. The molecule has 0 N–H and O–H groups in total. The largest absolute Gasteiger partial charge is 0.299 e. The maximum Gasteiger partial charge on any atom is 0.156 e. The Balaban J connectivity index is 2.61. The molecular weight excluding hydrogens is 260 g/mol. The smallest absolute Gasteiger partial charge is 0.156 e. The maximum absolute atomic E-state index is 11.5. The Kier molecular flexibility index (Phi) is 3.97. The Morgan fingerprint density at radius 2 is 1.93 bits per heavy atom. The molecule has 4 heteroatoms. The van der Waals surface area contributed by atoms with E-state index in [4.69, 9.17) is 0 Å². The predicted octanol–water partition coefficient (Wildman–Crippen LogP) is 2.18. The number of aldehydes is 1. The van der Waals surface area contributed by atoms with E-state index in [2.05, 4.69) is 15.9 Å². The Hall–Kier alpha value is -0.770. The van der Waals surface area contributed by atoms with Crippen LogP contribution in [-0.4, -0.2) is 17.9 Å². The third-order valence-electron chi connectivity index (χ3n) is 2.91. The molecule has 3 nitrogen and oxygen atoms in total. The summed E-state index contributed by atoms with van der Waals surface area (Å²) in [6, 6.07) is 0. The maximum atomic E-state index is 11.5. The monoisotopic (exact) mass is 272 g/mol. The molecule has 0 atom stereocenters. The highest BCUT2D eigenvalue weighted by Crippen LogP contribution is 2.35. The SMILES string of the molecule is CC1(CC/C=C(\Br)C=O)C(=O)CCC1=O. The van der Waals surface area contributed by atoms with Crippen LogP contribution in [0, 0.1) is 5.41 Å². The van der Waals surface area contributed by atoms with E-state index in [-0.39, 0.29) is 11.6 Å².